The summed E-state index contributed by atoms with van der Waals surface area (Å²) in [5, 5.41) is 11.6. The number of carboxylic acid groups (broad SMARTS) is 1. The van der Waals surface area contributed by atoms with E-state index in [0.29, 0.717) is 11.3 Å². The lowest BCUT2D eigenvalue weighted by molar-refractivity contribution is 0.0694. The Labute approximate surface area is 59.5 Å². The number of hydrogen-bond acceptors (Lipinski definition) is 4. The second-order valence-corrected chi connectivity index (χ2v) is 2.54. The summed E-state index contributed by atoms with van der Waals surface area (Å²) in [6.45, 7) is 0. The fraction of sp³-hybridized carbons (Fsp3) is 0.250. The molecule has 0 fully saturated rings. The molecule has 0 saturated heterocycles. The largest absolute Gasteiger partial charge is 0.476 e. The quantitative estimate of drug-likeness (QED) is 0.603. The lowest BCUT2D eigenvalue weighted by atomic mass is 10.7. The van der Waals surface area contributed by atoms with Gasteiger partial charge in [-0.3, -0.25) is 4.79 Å². The molecular weight excluding hydrogens is 156 g/mol. The molecule has 0 spiro atoms. The molecule has 1 aromatic rings. The third-order valence-electron chi connectivity index (χ3n) is 0.872. The van der Waals surface area contributed by atoms with E-state index >= 15 is 0 Å². The molecule has 5 nitrogen and oxygen atoms in total. The first-order valence-electron chi connectivity index (χ1n) is 2.38. The van der Waals surface area contributed by atoms with Crippen LogP contribution in [0, 0.1) is 0 Å². The summed E-state index contributed by atoms with van der Waals surface area (Å²) in [6, 6.07) is 0. The molecular formula is C4H4N2O3S. The molecule has 0 aliphatic carbocycles. The maximum atomic E-state index is 10.6. The second kappa shape index (κ2) is 2.22. The third-order valence-corrected chi connectivity index (χ3v) is 1.76. The van der Waals surface area contributed by atoms with Crippen LogP contribution in [0.25, 0.3) is 0 Å². The zero-order valence-corrected chi connectivity index (χ0v) is 5.88. The summed E-state index contributed by atoms with van der Waals surface area (Å²) >= 11 is 0.619. The fourth-order valence-electron chi connectivity index (χ4n) is 0.433. The molecule has 54 valence electrons. The predicted molar refractivity (Wildman–Crippen MR) is 34.3 cm³/mol. The number of aromatic nitrogens is 2. The van der Waals surface area contributed by atoms with Crippen LogP contribution in [0.2, 0.25) is 0 Å². The highest BCUT2D eigenvalue weighted by Gasteiger charge is 2.09. The van der Waals surface area contributed by atoms with Crippen molar-refractivity contribution < 1.29 is 9.90 Å². The molecule has 0 atom stereocenters. The minimum Gasteiger partial charge on any atom is -0.476 e. The first-order chi connectivity index (χ1) is 4.61. The first kappa shape index (κ1) is 6.94. The van der Waals surface area contributed by atoms with Gasteiger partial charge in [0, 0.05) is 7.05 Å². The van der Waals surface area contributed by atoms with Crippen molar-refractivity contribution in [2.24, 2.45) is 7.05 Å². The van der Waals surface area contributed by atoms with E-state index in [-0.39, 0.29) is 9.88 Å². The standard InChI is InChI=1S/C4H4N2O3S/c1-6-4(9)10-2(5-6)3(7)8/h1H3,(H,7,8). The summed E-state index contributed by atoms with van der Waals surface area (Å²) in [5.41, 5.74) is 0. The van der Waals surface area contributed by atoms with Crippen LogP contribution in [0.5, 0.6) is 0 Å². The third kappa shape index (κ3) is 1.06. The molecule has 0 aliphatic heterocycles. The molecule has 0 saturated carbocycles. The molecule has 1 aromatic heterocycles. The molecule has 1 rings (SSSR count). The second-order valence-electron chi connectivity index (χ2n) is 1.60. The Bertz CT molecular complexity index is 313. The number of carboxylic acids is 1. The Morgan fingerprint density at radius 1 is 1.80 bits per heavy atom. The average Bonchev–Trinajstić information content (AvgIpc) is 2.13. The van der Waals surface area contributed by atoms with Crippen LogP contribution in [-0.2, 0) is 7.05 Å². The topological polar surface area (TPSA) is 72.2 Å². The van der Waals surface area contributed by atoms with Crippen LogP contribution >= 0.6 is 11.3 Å². The van der Waals surface area contributed by atoms with Gasteiger partial charge in [-0.25, -0.2) is 9.48 Å². The van der Waals surface area contributed by atoms with Gasteiger partial charge in [-0.2, -0.15) is 5.10 Å². The van der Waals surface area contributed by atoms with Crippen molar-refractivity contribution >= 4 is 17.3 Å². The van der Waals surface area contributed by atoms with E-state index in [4.69, 9.17) is 5.11 Å². The van der Waals surface area contributed by atoms with Gasteiger partial charge in [0.05, 0.1) is 0 Å². The molecule has 0 radical (unpaired) electrons. The molecule has 6 heteroatoms. The Morgan fingerprint density at radius 3 is 2.60 bits per heavy atom. The van der Waals surface area contributed by atoms with Crippen LogP contribution in [0.3, 0.4) is 0 Å². The maximum Gasteiger partial charge on any atom is 0.367 e. The van der Waals surface area contributed by atoms with E-state index < -0.39 is 5.97 Å². The first-order valence-corrected chi connectivity index (χ1v) is 3.20. The van der Waals surface area contributed by atoms with Gasteiger partial charge in [0.15, 0.2) is 0 Å². The maximum absolute atomic E-state index is 10.6. The number of carbonyl (C=O) groups is 1. The number of aryl methyl sites for hydroxylation is 1. The number of aromatic carboxylic acids is 1. The van der Waals surface area contributed by atoms with E-state index in [2.05, 4.69) is 5.10 Å². The van der Waals surface area contributed by atoms with Crippen LogP contribution in [0.4, 0.5) is 0 Å². The van der Waals surface area contributed by atoms with Gasteiger partial charge in [-0.05, 0) is 11.3 Å². The zero-order valence-electron chi connectivity index (χ0n) is 5.07. The summed E-state index contributed by atoms with van der Waals surface area (Å²) in [5.74, 6) is -1.16. The van der Waals surface area contributed by atoms with E-state index in [0.717, 1.165) is 4.68 Å². The van der Waals surface area contributed by atoms with Crippen LogP contribution in [0.1, 0.15) is 9.80 Å². The van der Waals surface area contributed by atoms with E-state index in [1.54, 1.807) is 0 Å². The van der Waals surface area contributed by atoms with E-state index in [9.17, 15) is 9.59 Å². The smallest absolute Gasteiger partial charge is 0.367 e. The van der Waals surface area contributed by atoms with E-state index in [1.165, 1.54) is 7.05 Å². The van der Waals surface area contributed by atoms with Gasteiger partial charge in [0.1, 0.15) is 0 Å². The van der Waals surface area contributed by atoms with Gasteiger partial charge in [-0.15, -0.1) is 0 Å². The molecule has 0 aliphatic rings. The zero-order chi connectivity index (χ0) is 7.72. The van der Waals surface area contributed by atoms with Crippen LogP contribution in [0.15, 0.2) is 4.79 Å². The van der Waals surface area contributed by atoms with Crippen LogP contribution in [-0.4, -0.2) is 20.9 Å². The van der Waals surface area contributed by atoms with Crippen molar-refractivity contribution in [3.63, 3.8) is 0 Å². The van der Waals surface area contributed by atoms with Gasteiger partial charge in [0.2, 0.25) is 5.01 Å². The van der Waals surface area contributed by atoms with Crippen molar-refractivity contribution in [1.82, 2.24) is 9.78 Å². The van der Waals surface area contributed by atoms with Crippen molar-refractivity contribution in [3.8, 4) is 0 Å². The monoisotopic (exact) mass is 160 g/mol. The van der Waals surface area contributed by atoms with Crippen molar-refractivity contribution in [2.75, 3.05) is 0 Å². The van der Waals surface area contributed by atoms with Gasteiger partial charge in [-0.1, -0.05) is 0 Å². The molecule has 1 heterocycles. The number of nitrogens with zero attached hydrogens (tertiary/aromatic N) is 2. The molecule has 1 N–H and O–H groups in total. The lowest BCUT2D eigenvalue weighted by Crippen LogP contribution is -2.08. The highest BCUT2D eigenvalue weighted by molar-refractivity contribution is 7.10. The summed E-state index contributed by atoms with van der Waals surface area (Å²) in [4.78, 5) is 20.4. The Balaban J connectivity index is 3.23. The Morgan fingerprint density at radius 2 is 2.40 bits per heavy atom. The molecule has 10 heavy (non-hydrogen) atoms. The highest BCUT2D eigenvalue weighted by Crippen LogP contribution is 1.95. The summed E-state index contributed by atoms with van der Waals surface area (Å²) < 4.78 is 0.994. The summed E-state index contributed by atoms with van der Waals surface area (Å²) in [7, 11) is 1.41. The van der Waals surface area contributed by atoms with Crippen molar-refractivity contribution in [3.05, 3.63) is 14.7 Å². The molecule has 0 unspecified atom stereocenters. The van der Waals surface area contributed by atoms with Crippen LogP contribution < -0.4 is 4.87 Å². The Hall–Kier alpha value is -1.17. The molecule has 0 amide bonds. The fourth-order valence-corrected chi connectivity index (χ4v) is 1.02. The number of hydrogen-bond donors (Lipinski definition) is 1. The van der Waals surface area contributed by atoms with Gasteiger partial charge >= 0.3 is 10.8 Å². The average molecular weight is 160 g/mol. The van der Waals surface area contributed by atoms with Crippen molar-refractivity contribution in [1.29, 1.82) is 0 Å². The summed E-state index contributed by atoms with van der Waals surface area (Å²) in [6.07, 6.45) is 0. The minimum atomic E-state index is -1.16. The highest BCUT2D eigenvalue weighted by atomic mass is 32.1. The minimum absolute atomic E-state index is 0.174. The molecule has 0 aromatic carbocycles. The van der Waals surface area contributed by atoms with E-state index in [1.807, 2.05) is 0 Å². The Kier molecular flexibility index (Phi) is 1.54. The predicted octanol–water partition coefficient (Wildman–Crippen LogP) is -0.460. The number of rotatable bonds is 1. The lowest BCUT2D eigenvalue weighted by Gasteiger charge is -1.80. The molecule has 0 bridgehead atoms. The van der Waals surface area contributed by atoms with Gasteiger partial charge in [0.25, 0.3) is 0 Å². The normalized spacial score (nSPS) is 9.70. The van der Waals surface area contributed by atoms with Crippen molar-refractivity contribution in [2.45, 2.75) is 0 Å². The SMILES string of the molecule is Cn1nc(C(=O)O)sc1=O. The van der Waals surface area contributed by atoms with Gasteiger partial charge < -0.3 is 5.11 Å².